The minimum absolute atomic E-state index is 0.00759. The molecule has 0 radical (unpaired) electrons. The summed E-state index contributed by atoms with van der Waals surface area (Å²) in [5.41, 5.74) is -1.62. The number of hydrogen-bond donors (Lipinski definition) is 1. The zero-order chi connectivity index (χ0) is 10.5. The van der Waals surface area contributed by atoms with Gasteiger partial charge >= 0.3 is 11.9 Å². The summed E-state index contributed by atoms with van der Waals surface area (Å²) < 4.78 is 8.70. The second-order valence-electron chi connectivity index (χ2n) is 2.84. The SMILES string of the molecule is COC(=O)CCC(C)(O)C(=O)OC. The number of esters is 2. The first-order chi connectivity index (χ1) is 5.94. The molecule has 76 valence electrons. The zero-order valence-corrected chi connectivity index (χ0v) is 7.99. The molecule has 0 aliphatic heterocycles. The first kappa shape index (κ1) is 11.9. The summed E-state index contributed by atoms with van der Waals surface area (Å²) in [7, 11) is 2.42. The smallest absolute Gasteiger partial charge is 0.337 e. The van der Waals surface area contributed by atoms with Crippen LogP contribution in [0.25, 0.3) is 0 Å². The number of hydrogen-bond acceptors (Lipinski definition) is 5. The van der Waals surface area contributed by atoms with Crippen molar-refractivity contribution in [3.63, 3.8) is 0 Å². The van der Waals surface area contributed by atoms with Gasteiger partial charge in [-0.3, -0.25) is 4.79 Å². The number of methoxy groups -OCH3 is 2. The molecule has 1 N–H and O–H groups in total. The third-order valence-electron chi connectivity index (χ3n) is 1.67. The summed E-state index contributed by atoms with van der Waals surface area (Å²) in [6.07, 6.45) is -0.0229. The predicted octanol–water partition coefficient (Wildman–Crippen LogP) is -0.136. The molecule has 0 aromatic heterocycles. The van der Waals surface area contributed by atoms with E-state index in [0.717, 1.165) is 0 Å². The molecule has 0 spiro atoms. The summed E-state index contributed by atoms with van der Waals surface area (Å²) in [6, 6.07) is 0. The van der Waals surface area contributed by atoms with Gasteiger partial charge in [0.2, 0.25) is 0 Å². The molecule has 1 unspecified atom stereocenters. The lowest BCUT2D eigenvalue weighted by Crippen LogP contribution is -2.36. The summed E-state index contributed by atoms with van der Waals surface area (Å²) in [6.45, 7) is 1.29. The Hall–Kier alpha value is -1.10. The van der Waals surface area contributed by atoms with E-state index < -0.39 is 17.5 Å². The van der Waals surface area contributed by atoms with E-state index in [2.05, 4.69) is 9.47 Å². The van der Waals surface area contributed by atoms with Gasteiger partial charge in [-0.25, -0.2) is 4.79 Å². The van der Waals surface area contributed by atoms with Crippen LogP contribution in [-0.4, -0.2) is 36.9 Å². The molecule has 5 heteroatoms. The molecule has 13 heavy (non-hydrogen) atoms. The van der Waals surface area contributed by atoms with E-state index in [0.29, 0.717) is 0 Å². The van der Waals surface area contributed by atoms with Gasteiger partial charge in [0.15, 0.2) is 5.60 Å². The fourth-order valence-electron chi connectivity index (χ4n) is 0.769. The number of carbonyl (C=O) groups excluding carboxylic acids is 2. The summed E-state index contributed by atoms with van der Waals surface area (Å²) in [4.78, 5) is 21.6. The molecule has 0 bridgehead atoms. The van der Waals surface area contributed by atoms with Gasteiger partial charge in [-0.15, -0.1) is 0 Å². The second kappa shape index (κ2) is 4.81. The predicted molar refractivity (Wildman–Crippen MR) is 43.9 cm³/mol. The molecular weight excluding hydrogens is 176 g/mol. The van der Waals surface area contributed by atoms with E-state index in [-0.39, 0.29) is 12.8 Å². The number of carbonyl (C=O) groups is 2. The van der Waals surface area contributed by atoms with Crippen molar-refractivity contribution < 1.29 is 24.2 Å². The molecule has 5 nitrogen and oxygen atoms in total. The molecule has 0 saturated carbocycles. The molecule has 0 aromatic rings. The van der Waals surface area contributed by atoms with Crippen LogP contribution in [0.2, 0.25) is 0 Å². The Morgan fingerprint density at radius 3 is 2.23 bits per heavy atom. The first-order valence-corrected chi connectivity index (χ1v) is 3.81. The molecule has 0 heterocycles. The molecular formula is C8H14O5. The van der Waals surface area contributed by atoms with Crippen LogP contribution < -0.4 is 0 Å². The third kappa shape index (κ3) is 3.89. The fraction of sp³-hybridized carbons (Fsp3) is 0.750. The van der Waals surface area contributed by atoms with Crippen LogP contribution in [0.4, 0.5) is 0 Å². The van der Waals surface area contributed by atoms with Gasteiger partial charge in [0.1, 0.15) is 0 Å². The number of aliphatic hydroxyl groups is 1. The Morgan fingerprint density at radius 2 is 1.85 bits per heavy atom. The minimum atomic E-state index is -1.62. The standard InChI is InChI=1S/C8H14O5/c1-8(11,7(10)13-3)5-4-6(9)12-2/h11H,4-5H2,1-3H3. The minimum Gasteiger partial charge on any atom is -0.469 e. The van der Waals surface area contributed by atoms with Crippen LogP contribution in [0.5, 0.6) is 0 Å². The highest BCUT2D eigenvalue weighted by Crippen LogP contribution is 2.13. The van der Waals surface area contributed by atoms with E-state index in [1.165, 1.54) is 21.1 Å². The largest absolute Gasteiger partial charge is 0.469 e. The van der Waals surface area contributed by atoms with Crippen molar-refractivity contribution in [3.05, 3.63) is 0 Å². The van der Waals surface area contributed by atoms with Crippen LogP contribution in [0, 0.1) is 0 Å². The van der Waals surface area contributed by atoms with E-state index in [1.807, 2.05) is 0 Å². The van der Waals surface area contributed by atoms with Crippen LogP contribution in [-0.2, 0) is 19.1 Å². The Balaban J connectivity index is 4.03. The zero-order valence-electron chi connectivity index (χ0n) is 7.99. The van der Waals surface area contributed by atoms with Gasteiger partial charge in [0.25, 0.3) is 0 Å². The van der Waals surface area contributed by atoms with E-state index in [9.17, 15) is 14.7 Å². The van der Waals surface area contributed by atoms with Crippen molar-refractivity contribution in [3.8, 4) is 0 Å². The van der Waals surface area contributed by atoms with E-state index in [4.69, 9.17) is 0 Å². The van der Waals surface area contributed by atoms with Crippen LogP contribution >= 0.6 is 0 Å². The third-order valence-corrected chi connectivity index (χ3v) is 1.67. The molecule has 0 saturated heterocycles. The van der Waals surface area contributed by atoms with Gasteiger partial charge in [-0.1, -0.05) is 0 Å². The average molecular weight is 190 g/mol. The maximum atomic E-state index is 10.9. The highest BCUT2D eigenvalue weighted by molar-refractivity contribution is 5.79. The topological polar surface area (TPSA) is 72.8 Å². The highest BCUT2D eigenvalue weighted by Gasteiger charge is 2.31. The average Bonchev–Trinajstić information content (AvgIpc) is 2.12. The van der Waals surface area contributed by atoms with Crippen molar-refractivity contribution >= 4 is 11.9 Å². The van der Waals surface area contributed by atoms with Crippen molar-refractivity contribution in [1.29, 1.82) is 0 Å². The van der Waals surface area contributed by atoms with Crippen molar-refractivity contribution in [2.24, 2.45) is 0 Å². The maximum absolute atomic E-state index is 10.9. The summed E-state index contributed by atoms with van der Waals surface area (Å²) >= 11 is 0. The van der Waals surface area contributed by atoms with Gasteiger partial charge in [0, 0.05) is 6.42 Å². The Morgan fingerprint density at radius 1 is 1.31 bits per heavy atom. The first-order valence-electron chi connectivity index (χ1n) is 3.81. The maximum Gasteiger partial charge on any atom is 0.337 e. The Kier molecular flexibility index (Phi) is 4.40. The van der Waals surface area contributed by atoms with Crippen molar-refractivity contribution in [2.45, 2.75) is 25.4 Å². The van der Waals surface area contributed by atoms with Crippen LogP contribution in [0.3, 0.4) is 0 Å². The lowest BCUT2D eigenvalue weighted by Gasteiger charge is -2.18. The molecule has 0 aliphatic rings. The lowest BCUT2D eigenvalue weighted by molar-refractivity contribution is -0.162. The van der Waals surface area contributed by atoms with Crippen molar-refractivity contribution in [1.82, 2.24) is 0 Å². The molecule has 0 fully saturated rings. The molecule has 0 aliphatic carbocycles. The van der Waals surface area contributed by atoms with Crippen LogP contribution in [0.15, 0.2) is 0 Å². The molecule has 0 rings (SSSR count). The summed E-state index contributed by atoms with van der Waals surface area (Å²) in [5.74, 6) is -1.22. The normalized spacial score (nSPS) is 14.5. The monoisotopic (exact) mass is 190 g/mol. The van der Waals surface area contributed by atoms with Gasteiger partial charge in [-0.05, 0) is 13.3 Å². The quantitative estimate of drug-likeness (QED) is 0.625. The van der Waals surface area contributed by atoms with Gasteiger partial charge < -0.3 is 14.6 Å². The highest BCUT2D eigenvalue weighted by atomic mass is 16.5. The van der Waals surface area contributed by atoms with E-state index >= 15 is 0 Å². The second-order valence-corrected chi connectivity index (χ2v) is 2.84. The van der Waals surface area contributed by atoms with Gasteiger partial charge in [-0.2, -0.15) is 0 Å². The van der Waals surface area contributed by atoms with Crippen LogP contribution in [0.1, 0.15) is 19.8 Å². The number of rotatable bonds is 4. The van der Waals surface area contributed by atoms with Gasteiger partial charge in [0.05, 0.1) is 14.2 Å². The lowest BCUT2D eigenvalue weighted by atomic mass is 10.0. The molecule has 0 aromatic carbocycles. The summed E-state index contributed by atoms with van der Waals surface area (Å²) in [5, 5.41) is 9.45. The Bertz CT molecular complexity index is 197. The molecule has 0 amide bonds. The van der Waals surface area contributed by atoms with Crippen molar-refractivity contribution in [2.75, 3.05) is 14.2 Å². The fourth-order valence-corrected chi connectivity index (χ4v) is 0.769. The number of ether oxygens (including phenoxy) is 2. The molecule has 1 atom stereocenters. The van der Waals surface area contributed by atoms with E-state index in [1.54, 1.807) is 0 Å². The Labute approximate surface area is 76.6 Å².